The lowest BCUT2D eigenvalue weighted by molar-refractivity contribution is 0.475. The van der Waals surface area contributed by atoms with Crippen LogP contribution in [0.4, 0.5) is 0 Å². The molecule has 0 aliphatic carbocycles. The number of H-pyrrole nitrogens is 1. The molecule has 3 rings (SSSR count). The van der Waals surface area contributed by atoms with Crippen molar-refractivity contribution in [2.24, 2.45) is 5.92 Å². The monoisotopic (exact) mass is 316 g/mol. The number of aromatic nitrogens is 2. The molecule has 1 saturated heterocycles. The minimum Gasteiger partial charge on any atom is -0.323 e. The third-order valence-corrected chi connectivity index (χ3v) is 6.36. The predicted octanol–water partition coefficient (Wildman–Crippen LogP) is 1.56. The molecule has 8 heteroatoms. The van der Waals surface area contributed by atoms with Gasteiger partial charge in [-0.25, -0.2) is 8.42 Å². The zero-order chi connectivity index (χ0) is 13.6. The zero-order valence-corrected chi connectivity index (χ0v) is 12.4. The Labute approximate surface area is 118 Å². The quantitative estimate of drug-likeness (QED) is 0.853. The van der Waals surface area contributed by atoms with Gasteiger partial charge in [-0.05, 0) is 36.0 Å². The van der Waals surface area contributed by atoms with Crippen molar-refractivity contribution in [3.63, 3.8) is 0 Å². The number of sulfone groups is 1. The van der Waals surface area contributed by atoms with Gasteiger partial charge in [0.2, 0.25) is 0 Å². The number of thiophene rings is 1. The number of nitrogens with one attached hydrogen (secondary N) is 1. The summed E-state index contributed by atoms with van der Waals surface area (Å²) in [5.41, 5.74) is -0.135. The molecule has 1 fully saturated rings. The van der Waals surface area contributed by atoms with Gasteiger partial charge in [0.05, 0.1) is 16.9 Å². The Hall–Kier alpha value is -0.990. The zero-order valence-electron chi connectivity index (χ0n) is 9.96. The second-order valence-corrected chi connectivity index (χ2v) is 8.31. The topological polar surface area (TPSA) is 71.9 Å². The Morgan fingerprint density at radius 3 is 3.00 bits per heavy atom. The maximum Gasteiger partial charge on any atom is 0.263 e. The van der Waals surface area contributed by atoms with E-state index in [1.807, 2.05) is 5.38 Å². The molecule has 0 bridgehead atoms. The SMILES string of the molecule is O=c1c2ccsc2[nH]c(=S)n1CC1CCS(=O)(=O)C1. The molecule has 102 valence electrons. The van der Waals surface area contributed by atoms with E-state index in [1.54, 1.807) is 6.07 Å². The average molecular weight is 316 g/mol. The van der Waals surface area contributed by atoms with E-state index in [9.17, 15) is 13.2 Å². The average Bonchev–Trinajstić information content (AvgIpc) is 2.91. The van der Waals surface area contributed by atoms with Crippen molar-refractivity contribution in [3.05, 3.63) is 26.6 Å². The molecule has 1 aliphatic rings. The Morgan fingerprint density at radius 2 is 2.32 bits per heavy atom. The Bertz CT molecular complexity index is 844. The molecule has 1 aliphatic heterocycles. The minimum absolute atomic E-state index is 0.0196. The van der Waals surface area contributed by atoms with Crippen LogP contribution in [0.1, 0.15) is 6.42 Å². The van der Waals surface area contributed by atoms with Crippen LogP contribution in [-0.4, -0.2) is 29.5 Å². The molecule has 1 N–H and O–H groups in total. The fourth-order valence-electron chi connectivity index (χ4n) is 2.42. The molecule has 3 heterocycles. The highest BCUT2D eigenvalue weighted by molar-refractivity contribution is 7.91. The summed E-state index contributed by atoms with van der Waals surface area (Å²) in [6.07, 6.45) is 0.602. The van der Waals surface area contributed by atoms with Crippen molar-refractivity contribution in [1.82, 2.24) is 9.55 Å². The van der Waals surface area contributed by atoms with Crippen molar-refractivity contribution in [2.45, 2.75) is 13.0 Å². The van der Waals surface area contributed by atoms with E-state index in [-0.39, 0.29) is 23.0 Å². The molecule has 19 heavy (non-hydrogen) atoms. The summed E-state index contributed by atoms with van der Waals surface area (Å²) >= 11 is 6.62. The normalized spacial score (nSPS) is 22.0. The van der Waals surface area contributed by atoms with Gasteiger partial charge in [-0.15, -0.1) is 11.3 Å². The lowest BCUT2D eigenvalue weighted by Crippen LogP contribution is -2.25. The van der Waals surface area contributed by atoms with Crippen molar-refractivity contribution in [3.8, 4) is 0 Å². The van der Waals surface area contributed by atoms with Crippen LogP contribution in [0.25, 0.3) is 10.2 Å². The first-order chi connectivity index (χ1) is 8.96. The first kappa shape index (κ1) is 13.0. The molecule has 0 radical (unpaired) electrons. The minimum atomic E-state index is -2.93. The van der Waals surface area contributed by atoms with Crippen LogP contribution < -0.4 is 5.56 Å². The lowest BCUT2D eigenvalue weighted by atomic mass is 10.1. The molecule has 0 amide bonds. The predicted molar refractivity (Wildman–Crippen MR) is 78.0 cm³/mol. The molecule has 5 nitrogen and oxygen atoms in total. The number of nitrogens with zero attached hydrogens (tertiary/aromatic N) is 1. The third kappa shape index (κ3) is 2.39. The van der Waals surface area contributed by atoms with Gasteiger partial charge in [-0.3, -0.25) is 9.36 Å². The number of aromatic amines is 1. The van der Waals surface area contributed by atoms with Crippen LogP contribution in [0.15, 0.2) is 16.2 Å². The van der Waals surface area contributed by atoms with Crippen LogP contribution in [0, 0.1) is 10.7 Å². The van der Waals surface area contributed by atoms with E-state index in [4.69, 9.17) is 12.2 Å². The van der Waals surface area contributed by atoms with Crippen LogP contribution in [0.5, 0.6) is 0 Å². The summed E-state index contributed by atoms with van der Waals surface area (Å²) in [6, 6.07) is 1.76. The van der Waals surface area contributed by atoms with Gasteiger partial charge >= 0.3 is 0 Å². The lowest BCUT2D eigenvalue weighted by Gasteiger charge is -2.10. The standard InChI is InChI=1S/C11H12N2O3S3/c14-10-8-1-3-18-9(8)12-11(17)13(10)5-7-2-4-19(15,16)6-7/h1,3,7H,2,4-6H2,(H,12,17). The van der Waals surface area contributed by atoms with Gasteiger partial charge in [0.15, 0.2) is 14.6 Å². The van der Waals surface area contributed by atoms with E-state index < -0.39 is 9.84 Å². The third-order valence-electron chi connectivity index (χ3n) is 3.37. The summed E-state index contributed by atoms with van der Waals surface area (Å²) in [5, 5.41) is 2.45. The summed E-state index contributed by atoms with van der Waals surface area (Å²) in [5.74, 6) is 0.341. The van der Waals surface area contributed by atoms with E-state index in [2.05, 4.69) is 4.98 Å². The molecule has 1 atom stereocenters. The fourth-order valence-corrected chi connectivity index (χ4v) is 5.37. The van der Waals surface area contributed by atoms with Crippen LogP contribution in [0.2, 0.25) is 0 Å². The van der Waals surface area contributed by atoms with Gasteiger partial charge in [0.25, 0.3) is 5.56 Å². The summed E-state index contributed by atoms with van der Waals surface area (Å²) in [7, 11) is -2.93. The van der Waals surface area contributed by atoms with Gasteiger partial charge in [0, 0.05) is 6.54 Å². The van der Waals surface area contributed by atoms with Gasteiger partial charge < -0.3 is 4.98 Å². The molecular weight excluding hydrogens is 304 g/mol. The van der Waals surface area contributed by atoms with Crippen molar-refractivity contribution >= 4 is 43.6 Å². The van der Waals surface area contributed by atoms with Crippen LogP contribution >= 0.6 is 23.6 Å². The second-order valence-electron chi connectivity index (χ2n) is 4.78. The van der Waals surface area contributed by atoms with Crippen LogP contribution in [0.3, 0.4) is 0 Å². The smallest absolute Gasteiger partial charge is 0.263 e. The van der Waals surface area contributed by atoms with Gasteiger partial charge in [-0.2, -0.15) is 0 Å². The van der Waals surface area contributed by atoms with E-state index in [0.29, 0.717) is 23.1 Å². The number of hydrogen-bond donors (Lipinski definition) is 1. The molecule has 0 spiro atoms. The summed E-state index contributed by atoms with van der Waals surface area (Å²) in [6.45, 7) is 0.374. The van der Waals surface area contributed by atoms with Gasteiger partial charge in [0.1, 0.15) is 4.83 Å². The highest BCUT2D eigenvalue weighted by atomic mass is 32.2. The summed E-state index contributed by atoms with van der Waals surface area (Å²) < 4.78 is 24.8. The van der Waals surface area contributed by atoms with E-state index in [0.717, 1.165) is 4.83 Å². The molecule has 2 aromatic heterocycles. The fraction of sp³-hybridized carbons (Fsp3) is 0.455. The number of fused-ring (bicyclic) bond motifs is 1. The first-order valence-corrected chi connectivity index (χ1v) is 8.98. The first-order valence-electron chi connectivity index (χ1n) is 5.87. The van der Waals surface area contributed by atoms with E-state index in [1.165, 1.54) is 15.9 Å². The maximum atomic E-state index is 12.3. The Morgan fingerprint density at radius 1 is 1.53 bits per heavy atom. The van der Waals surface area contributed by atoms with Crippen molar-refractivity contribution in [2.75, 3.05) is 11.5 Å². The number of rotatable bonds is 2. The molecule has 0 saturated carbocycles. The Balaban J connectivity index is 2.02. The van der Waals surface area contributed by atoms with Crippen molar-refractivity contribution < 1.29 is 8.42 Å². The van der Waals surface area contributed by atoms with Crippen LogP contribution in [-0.2, 0) is 16.4 Å². The molecule has 1 unspecified atom stereocenters. The number of hydrogen-bond acceptors (Lipinski definition) is 5. The molecular formula is C11H12N2O3S3. The molecule has 0 aromatic carbocycles. The molecule has 2 aromatic rings. The summed E-state index contributed by atoms with van der Waals surface area (Å²) in [4.78, 5) is 16.1. The highest BCUT2D eigenvalue weighted by Crippen LogP contribution is 2.20. The van der Waals surface area contributed by atoms with Gasteiger partial charge in [-0.1, -0.05) is 0 Å². The van der Waals surface area contributed by atoms with Crippen molar-refractivity contribution in [1.29, 1.82) is 0 Å². The second kappa shape index (κ2) is 4.53. The largest absolute Gasteiger partial charge is 0.323 e. The Kier molecular flexibility index (Phi) is 3.11. The van der Waals surface area contributed by atoms with E-state index >= 15 is 0 Å². The maximum absolute atomic E-state index is 12.3. The highest BCUT2D eigenvalue weighted by Gasteiger charge is 2.28.